The van der Waals surface area contributed by atoms with Crippen LogP contribution in [0.3, 0.4) is 0 Å². The van der Waals surface area contributed by atoms with Crippen molar-refractivity contribution in [2.24, 2.45) is 5.92 Å². The fourth-order valence-electron chi connectivity index (χ4n) is 2.66. The van der Waals surface area contributed by atoms with Gasteiger partial charge in [0.05, 0.1) is 6.10 Å². The Balaban J connectivity index is 1.66. The number of ether oxygens (including phenoxy) is 1. The number of halogens is 1. The second-order valence-electron chi connectivity index (χ2n) is 5.18. The molecule has 0 aromatic heterocycles. The van der Waals surface area contributed by atoms with Crippen molar-refractivity contribution < 1.29 is 9.53 Å². The topological polar surface area (TPSA) is 29.5 Å². The highest BCUT2D eigenvalue weighted by Gasteiger charge is 2.26. The Bertz CT molecular complexity index is 254. The van der Waals surface area contributed by atoms with Crippen LogP contribution in [0.4, 0.5) is 0 Å². The zero-order chi connectivity index (χ0) is 12.1. The van der Waals surface area contributed by atoms with Crippen LogP contribution in [0.2, 0.25) is 0 Å². The average Bonchev–Trinajstić information content (AvgIpc) is 2.86. The van der Waals surface area contributed by atoms with E-state index >= 15 is 0 Å². The summed E-state index contributed by atoms with van der Waals surface area (Å²) in [6.45, 7) is 2.62. The molecule has 2 aliphatic rings. The highest BCUT2D eigenvalue weighted by Crippen LogP contribution is 2.21. The smallest absolute Gasteiger partial charge is 0.222 e. The van der Waals surface area contributed by atoms with Crippen molar-refractivity contribution in [3.63, 3.8) is 0 Å². The molecule has 0 saturated carbocycles. The molecule has 2 aliphatic heterocycles. The molecule has 0 radical (unpaired) electrons. The summed E-state index contributed by atoms with van der Waals surface area (Å²) in [6.07, 6.45) is 6.46. The van der Waals surface area contributed by atoms with E-state index in [1.165, 1.54) is 12.8 Å². The van der Waals surface area contributed by atoms with E-state index in [2.05, 4.69) is 0 Å². The van der Waals surface area contributed by atoms with Crippen LogP contribution in [0.5, 0.6) is 0 Å². The number of likely N-dealkylation sites (tertiary alicyclic amines) is 1. The first-order valence-corrected chi connectivity index (χ1v) is 7.28. The SMILES string of the molecule is O=C(CCC1CCCCO1)N1CCC(CCl)C1. The standard InChI is InChI=1S/C13H22ClNO2/c14-9-11-6-7-15(10-11)13(16)5-4-12-3-1-2-8-17-12/h11-12H,1-10H2. The molecule has 0 aromatic carbocycles. The van der Waals surface area contributed by atoms with Gasteiger partial charge < -0.3 is 9.64 Å². The number of nitrogens with zero attached hydrogens (tertiary/aromatic N) is 1. The molecule has 2 saturated heterocycles. The van der Waals surface area contributed by atoms with Gasteiger partial charge in [-0.3, -0.25) is 4.79 Å². The lowest BCUT2D eigenvalue weighted by Gasteiger charge is -2.23. The molecule has 2 rings (SSSR count). The molecule has 17 heavy (non-hydrogen) atoms. The van der Waals surface area contributed by atoms with Crippen LogP contribution in [0, 0.1) is 5.92 Å². The van der Waals surface area contributed by atoms with E-state index in [0.29, 0.717) is 24.3 Å². The van der Waals surface area contributed by atoms with Crippen molar-refractivity contribution >= 4 is 17.5 Å². The van der Waals surface area contributed by atoms with Gasteiger partial charge in [0.15, 0.2) is 0 Å². The van der Waals surface area contributed by atoms with E-state index < -0.39 is 0 Å². The second-order valence-corrected chi connectivity index (χ2v) is 5.48. The van der Waals surface area contributed by atoms with Gasteiger partial charge in [0.1, 0.15) is 0 Å². The molecule has 0 aromatic rings. The minimum atomic E-state index is 0.284. The first-order chi connectivity index (χ1) is 8.29. The molecule has 0 bridgehead atoms. The van der Waals surface area contributed by atoms with Crippen LogP contribution in [-0.2, 0) is 9.53 Å². The summed E-state index contributed by atoms with van der Waals surface area (Å²) in [5.41, 5.74) is 0. The van der Waals surface area contributed by atoms with Gasteiger partial charge >= 0.3 is 0 Å². The first-order valence-electron chi connectivity index (χ1n) is 6.75. The molecule has 4 heteroatoms. The van der Waals surface area contributed by atoms with Crippen molar-refractivity contribution in [1.82, 2.24) is 4.90 Å². The van der Waals surface area contributed by atoms with E-state index in [0.717, 1.165) is 39.0 Å². The number of alkyl halides is 1. The highest BCUT2D eigenvalue weighted by molar-refractivity contribution is 6.18. The van der Waals surface area contributed by atoms with E-state index in [1.54, 1.807) is 0 Å². The lowest BCUT2D eigenvalue weighted by atomic mass is 10.0. The molecule has 2 fully saturated rings. The Morgan fingerprint density at radius 3 is 2.88 bits per heavy atom. The quantitative estimate of drug-likeness (QED) is 0.726. The number of hydrogen-bond acceptors (Lipinski definition) is 2. The van der Waals surface area contributed by atoms with Gasteiger partial charge in [0.2, 0.25) is 5.91 Å². The minimum absolute atomic E-state index is 0.284. The summed E-state index contributed by atoms with van der Waals surface area (Å²) in [6, 6.07) is 0. The van der Waals surface area contributed by atoms with Crippen molar-refractivity contribution in [2.45, 2.75) is 44.6 Å². The molecule has 0 N–H and O–H groups in total. The number of carbonyl (C=O) groups is 1. The average molecular weight is 260 g/mol. The number of carbonyl (C=O) groups excluding carboxylic acids is 1. The normalized spacial score (nSPS) is 29.6. The Morgan fingerprint density at radius 1 is 1.35 bits per heavy atom. The first kappa shape index (κ1) is 13.2. The van der Waals surface area contributed by atoms with Gasteiger partial charge in [-0.05, 0) is 38.0 Å². The van der Waals surface area contributed by atoms with Crippen LogP contribution >= 0.6 is 11.6 Å². The predicted octanol–water partition coefficient (Wildman–Crippen LogP) is 2.42. The fourth-order valence-corrected chi connectivity index (χ4v) is 2.91. The van der Waals surface area contributed by atoms with Crippen molar-refractivity contribution in [3.05, 3.63) is 0 Å². The Kier molecular flexibility index (Phi) is 5.11. The predicted molar refractivity (Wildman–Crippen MR) is 68.2 cm³/mol. The molecule has 2 atom stereocenters. The van der Waals surface area contributed by atoms with Crippen LogP contribution in [0.15, 0.2) is 0 Å². The summed E-state index contributed by atoms with van der Waals surface area (Å²) in [4.78, 5) is 13.9. The number of rotatable bonds is 4. The maximum Gasteiger partial charge on any atom is 0.222 e. The summed E-state index contributed by atoms with van der Waals surface area (Å²) in [7, 11) is 0. The van der Waals surface area contributed by atoms with E-state index in [9.17, 15) is 4.79 Å². The van der Waals surface area contributed by atoms with E-state index in [4.69, 9.17) is 16.3 Å². The monoisotopic (exact) mass is 259 g/mol. The molecule has 0 spiro atoms. The van der Waals surface area contributed by atoms with Gasteiger partial charge in [-0.1, -0.05) is 0 Å². The zero-order valence-corrected chi connectivity index (χ0v) is 11.1. The third kappa shape index (κ3) is 3.85. The van der Waals surface area contributed by atoms with Crippen molar-refractivity contribution in [2.75, 3.05) is 25.6 Å². The number of amides is 1. The van der Waals surface area contributed by atoms with Crippen molar-refractivity contribution in [1.29, 1.82) is 0 Å². The Labute approximate surface area is 108 Å². The van der Waals surface area contributed by atoms with Gasteiger partial charge in [0.25, 0.3) is 0 Å². The van der Waals surface area contributed by atoms with Crippen LogP contribution in [-0.4, -0.2) is 42.5 Å². The zero-order valence-electron chi connectivity index (χ0n) is 10.4. The maximum absolute atomic E-state index is 12.0. The third-order valence-electron chi connectivity index (χ3n) is 3.81. The van der Waals surface area contributed by atoms with Gasteiger partial charge in [0, 0.05) is 32.0 Å². The lowest BCUT2D eigenvalue weighted by molar-refractivity contribution is -0.131. The molecule has 2 heterocycles. The summed E-state index contributed by atoms with van der Waals surface area (Å²) in [5, 5.41) is 0. The minimum Gasteiger partial charge on any atom is -0.378 e. The second kappa shape index (κ2) is 6.60. The molecule has 3 nitrogen and oxygen atoms in total. The summed E-state index contributed by atoms with van der Waals surface area (Å²) < 4.78 is 5.64. The molecule has 0 aliphatic carbocycles. The number of hydrogen-bond donors (Lipinski definition) is 0. The van der Waals surface area contributed by atoms with E-state index in [-0.39, 0.29) is 5.91 Å². The third-order valence-corrected chi connectivity index (χ3v) is 4.25. The molecule has 2 unspecified atom stereocenters. The Morgan fingerprint density at radius 2 is 2.24 bits per heavy atom. The van der Waals surface area contributed by atoms with Gasteiger partial charge in [-0.2, -0.15) is 0 Å². The van der Waals surface area contributed by atoms with Crippen LogP contribution in [0.25, 0.3) is 0 Å². The lowest BCUT2D eigenvalue weighted by Crippen LogP contribution is -2.30. The summed E-state index contributed by atoms with van der Waals surface area (Å²) >= 11 is 5.82. The van der Waals surface area contributed by atoms with Crippen molar-refractivity contribution in [3.8, 4) is 0 Å². The summed E-state index contributed by atoms with van der Waals surface area (Å²) in [5.74, 6) is 1.47. The van der Waals surface area contributed by atoms with Gasteiger partial charge in [-0.15, -0.1) is 11.6 Å². The molecular weight excluding hydrogens is 238 g/mol. The van der Waals surface area contributed by atoms with E-state index in [1.807, 2.05) is 4.90 Å². The largest absolute Gasteiger partial charge is 0.378 e. The molecule has 1 amide bonds. The Hall–Kier alpha value is -0.280. The highest BCUT2D eigenvalue weighted by atomic mass is 35.5. The molecule has 98 valence electrons. The van der Waals surface area contributed by atoms with Crippen LogP contribution in [0.1, 0.15) is 38.5 Å². The van der Waals surface area contributed by atoms with Gasteiger partial charge in [-0.25, -0.2) is 0 Å². The maximum atomic E-state index is 12.0. The fraction of sp³-hybridized carbons (Fsp3) is 0.923. The molecular formula is C13H22ClNO2. The van der Waals surface area contributed by atoms with Crippen LogP contribution < -0.4 is 0 Å².